The van der Waals surface area contributed by atoms with Gasteiger partial charge in [-0.3, -0.25) is 4.79 Å². The molecule has 0 spiro atoms. The normalized spacial score (nSPS) is 15.0. The highest BCUT2D eigenvalue weighted by Crippen LogP contribution is 2.40. The van der Waals surface area contributed by atoms with E-state index >= 15 is 0 Å². The van der Waals surface area contributed by atoms with Crippen molar-refractivity contribution in [2.24, 2.45) is 0 Å². The van der Waals surface area contributed by atoms with E-state index in [1.165, 1.54) is 17.3 Å². The zero-order chi connectivity index (χ0) is 19.2. The van der Waals surface area contributed by atoms with Crippen molar-refractivity contribution in [3.8, 4) is 0 Å². The van der Waals surface area contributed by atoms with Crippen molar-refractivity contribution in [3.05, 3.63) is 53.3 Å². The zero-order valence-electron chi connectivity index (χ0n) is 15.5. The van der Waals surface area contributed by atoms with E-state index in [1.807, 2.05) is 0 Å². The molecule has 0 saturated heterocycles. The van der Waals surface area contributed by atoms with E-state index < -0.39 is 0 Å². The number of nitrogens with one attached hydrogen (secondary N) is 1. The number of carbonyl (C=O) groups is 1. The summed E-state index contributed by atoms with van der Waals surface area (Å²) < 4.78 is 19.7. The molecule has 2 aromatic heterocycles. The molecule has 1 aromatic carbocycles. The van der Waals surface area contributed by atoms with Crippen molar-refractivity contribution in [3.63, 3.8) is 0 Å². The Kier molecular flexibility index (Phi) is 4.09. The Hall–Kier alpha value is -2.96. The minimum absolute atomic E-state index is 0.00809. The molecular formula is C20H21FN4O2. The Morgan fingerprint density at radius 3 is 2.78 bits per heavy atom. The van der Waals surface area contributed by atoms with Gasteiger partial charge < -0.3 is 14.6 Å². The summed E-state index contributed by atoms with van der Waals surface area (Å²) >= 11 is 0. The molecule has 1 fully saturated rings. The number of hydrogen-bond acceptors (Lipinski definition) is 5. The molecule has 0 atom stereocenters. The fourth-order valence-corrected chi connectivity index (χ4v) is 3.14. The van der Waals surface area contributed by atoms with Crippen molar-refractivity contribution < 1.29 is 13.6 Å². The second-order valence-electron chi connectivity index (χ2n) is 7.37. The van der Waals surface area contributed by atoms with Crippen LogP contribution < -0.4 is 5.32 Å². The van der Waals surface area contributed by atoms with Crippen LogP contribution in [0.1, 0.15) is 41.4 Å². The van der Waals surface area contributed by atoms with Crippen LogP contribution in [-0.4, -0.2) is 33.4 Å². The first-order valence-corrected chi connectivity index (χ1v) is 8.89. The number of aryl methyl sites for hydroxylation is 1. The summed E-state index contributed by atoms with van der Waals surface area (Å²) in [6, 6.07) is 6.44. The van der Waals surface area contributed by atoms with Crippen molar-refractivity contribution in [2.45, 2.75) is 38.8 Å². The van der Waals surface area contributed by atoms with Crippen LogP contribution in [-0.2, 0) is 6.54 Å². The quantitative estimate of drug-likeness (QED) is 0.739. The lowest BCUT2D eigenvalue weighted by atomic mass is 10.1. The largest absolute Gasteiger partial charge is 0.442 e. The standard InChI is InChI=1S/C20H21FN4O2/c1-12-15(19(26)25(3)10-13-6-4-5-7-14(13)21)16-17(24-20(2)8-9-20)22-11-23-18(16)27-12/h4-7,11H,8-10H2,1-3H3,(H,22,23,24). The molecule has 0 radical (unpaired) electrons. The van der Waals surface area contributed by atoms with Crippen molar-refractivity contribution >= 4 is 22.8 Å². The van der Waals surface area contributed by atoms with E-state index in [9.17, 15) is 9.18 Å². The molecule has 6 nitrogen and oxygen atoms in total. The lowest BCUT2D eigenvalue weighted by molar-refractivity contribution is 0.0784. The average molecular weight is 368 g/mol. The van der Waals surface area contributed by atoms with Gasteiger partial charge in [-0.15, -0.1) is 0 Å². The van der Waals surface area contributed by atoms with E-state index in [0.717, 1.165) is 12.8 Å². The minimum atomic E-state index is -0.335. The van der Waals surface area contributed by atoms with E-state index in [-0.39, 0.29) is 23.8 Å². The number of aromatic nitrogens is 2. The number of amides is 1. The highest BCUT2D eigenvalue weighted by atomic mass is 19.1. The fraction of sp³-hybridized carbons (Fsp3) is 0.350. The molecule has 0 aliphatic heterocycles. The van der Waals surface area contributed by atoms with Gasteiger partial charge in [0, 0.05) is 24.7 Å². The number of fused-ring (bicyclic) bond motifs is 1. The molecule has 1 amide bonds. The predicted octanol–water partition coefficient (Wildman–Crippen LogP) is 3.91. The van der Waals surface area contributed by atoms with Gasteiger partial charge in [0.05, 0.1) is 10.9 Å². The highest BCUT2D eigenvalue weighted by Gasteiger charge is 2.38. The zero-order valence-corrected chi connectivity index (χ0v) is 15.5. The SMILES string of the molecule is Cc1oc2ncnc(NC3(C)CC3)c2c1C(=O)N(C)Cc1ccccc1F. The summed E-state index contributed by atoms with van der Waals surface area (Å²) in [5.74, 6) is 0.478. The Labute approximate surface area is 156 Å². The van der Waals surface area contributed by atoms with Crippen LogP contribution in [0.4, 0.5) is 10.2 Å². The molecule has 1 saturated carbocycles. The Morgan fingerprint density at radius 1 is 1.33 bits per heavy atom. The second kappa shape index (κ2) is 6.33. The Bertz CT molecular complexity index is 1030. The molecule has 1 aliphatic carbocycles. The van der Waals surface area contributed by atoms with Crippen LogP contribution in [0.15, 0.2) is 35.0 Å². The summed E-state index contributed by atoms with van der Waals surface area (Å²) in [5, 5.41) is 3.98. The average Bonchev–Trinajstić information content (AvgIpc) is 3.25. The lowest BCUT2D eigenvalue weighted by Crippen LogP contribution is -2.27. The van der Waals surface area contributed by atoms with Crippen molar-refractivity contribution in [1.29, 1.82) is 0 Å². The van der Waals surface area contributed by atoms with Gasteiger partial charge in [-0.1, -0.05) is 18.2 Å². The summed E-state index contributed by atoms with van der Waals surface area (Å²) in [7, 11) is 1.64. The van der Waals surface area contributed by atoms with Gasteiger partial charge in [-0.2, -0.15) is 0 Å². The molecule has 0 unspecified atom stereocenters. The maximum Gasteiger partial charge on any atom is 0.258 e. The monoisotopic (exact) mass is 368 g/mol. The van der Waals surface area contributed by atoms with E-state index in [4.69, 9.17) is 4.42 Å². The van der Waals surface area contributed by atoms with Crippen LogP contribution in [0.5, 0.6) is 0 Å². The first-order chi connectivity index (χ1) is 12.9. The summed E-state index contributed by atoms with van der Waals surface area (Å²) in [5.41, 5.74) is 1.23. The van der Waals surface area contributed by atoms with Gasteiger partial charge >= 0.3 is 0 Å². The fourth-order valence-electron chi connectivity index (χ4n) is 3.14. The van der Waals surface area contributed by atoms with Crippen LogP contribution in [0.25, 0.3) is 11.1 Å². The third-order valence-electron chi connectivity index (χ3n) is 5.01. The smallest absolute Gasteiger partial charge is 0.258 e. The number of benzene rings is 1. The lowest BCUT2D eigenvalue weighted by Gasteiger charge is -2.18. The third-order valence-corrected chi connectivity index (χ3v) is 5.01. The molecule has 3 aromatic rings. The molecule has 2 heterocycles. The number of rotatable bonds is 5. The first-order valence-electron chi connectivity index (χ1n) is 8.89. The molecule has 1 aliphatic rings. The van der Waals surface area contributed by atoms with Crippen molar-refractivity contribution in [1.82, 2.24) is 14.9 Å². The van der Waals surface area contributed by atoms with Crippen LogP contribution in [0.3, 0.4) is 0 Å². The Balaban J connectivity index is 1.70. The molecule has 7 heteroatoms. The maximum absolute atomic E-state index is 14.0. The molecule has 140 valence electrons. The van der Waals surface area contributed by atoms with Crippen LogP contribution >= 0.6 is 0 Å². The number of halogens is 1. The minimum Gasteiger partial charge on any atom is -0.442 e. The van der Waals surface area contributed by atoms with Crippen LogP contribution in [0, 0.1) is 12.7 Å². The van der Waals surface area contributed by atoms with Gasteiger partial charge in [-0.25, -0.2) is 14.4 Å². The maximum atomic E-state index is 14.0. The van der Waals surface area contributed by atoms with Crippen LogP contribution in [0.2, 0.25) is 0 Å². The number of anilines is 1. The third kappa shape index (κ3) is 3.25. The number of hydrogen-bond donors (Lipinski definition) is 1. The number of carbonyl (C=O) groups excluding carboxylic acids is 1. The molecule has 4 rings (SSSR count). The Morgan fingerprint density at radius 2 is 2.07 bits per heavy atom. The summed E-state index contributed by atoms with van der Waals surface area (Å²) in [4.78, 5) is 23.1. The van der Waals surface area contributed by atoms with Gasteiger partial charge in [0.25, 0.3) is 5.91 Å². The highest BCUT2D eigenvalue weighted by molar-refractivity contribution is 6.10. The molecule has 1 N–H and O–H groups in total. The topological polar surface area (TPSA) is 71.3 Å². The molecular weight excluding hydrogens is 347 g/mol. The van der Waals surface area contributed by atoms with Gasteiger partial charge in [-0.05, 0) is 32.8 Å². The number of furan rings is 1. The number of nitrogens with zero attached hydrogens (tertiary/aromatic N) is 3. The van der Waals surface area contributed by atoms with Gasteiger partial charge in [0.1, 0.15) is 23.7 Å². The summed E-state index contributed by atoms with van der Waals surface area (Å²) in [6.45, 7) is 4.00. The molecule has 27 heavy (non-hydrogen) atoms. The van der Waals surface area contributed by atoms with Gasteiger partial charge in [0.15, 0.2) is 0 Å². The second-order valence-corrected chi connectivity index (χ2v) is 7.37. The van der Waals surface area contributed by atoms with E-state index in [1.54, 1.807) is 32.2 Å². The van der Waals surface area contributed by atoms with E-state index in [2.05, 4.69) is 22.2 Å². The van der Waals surface area contributed by atoms with Gasteiger partial charge in [0.2, 0.25) is 5.71 Å². The van der Waals surface area contributed by atoms with Crippen molar-refractivity contribution in [2.75, 3.05) is 12.4 Å². The predicted molar refractivity (Wildman–Crippen MR) is 100 cm³/mol. The molecule has 0 bridgehead atoms. The van der Waals surface area contributed by atoms with E-state index in [0.29, 0.717) is 33.8 Å². The summed E-state index contributed by atoms with van der Waals surface area (Å²) in [6.07, 6.45) is 3.52. The first kappa shape index (κ1) is 17.5.